The maximum atomic E-state index is 11.2. The lowest BCUT2D eigenvalue weighted by molar-refractivity contribution is -0.119. The van der Waals surface area contributed by atoms with Crippen molar-refractivity contribution in [2.24, 2.45) is 0 Å². The van der Waals surface area contributed by atoms with E-state index in [2.05, 4.69) is 44.9 Å². The quantitative estimate of drug-likeness (QED) is 0.361. The van der Waals surface area contributed by atoms with E-state index in [4.69, 9.17) is 16.6 Å². The Kier molecular flexibility index (Phi) is 7.93. The summed E-state index contributed by atoms with van der Waals surface area (Å²) in [6.45, 7) is 1.56. The summed E-state index contributed by atoms with van der Waals surface area (Å²) in [5, 5.41) is 3.77. The number of halogens is 1. The van der Waals surface area contributed by atoms with Crippen molar-refractivity contribution in [3.8, 4) is 11.3 Å². The van der Waals surface area contributed by atoms with Crippen molar-refractivity contribution in [3.05, 3.63) is 83.8 Å². The monoisotopic (exact) mass is 489 g/mol. The van der Waals surface area contributed by atoms with Gasteiger partial charge < -0.3 is 19.5 Å². The van der Waals surface area contributed by atoms with Gasteiger partial charge in [-0.1, -0.05) is 35.9 Å². The molecule has 0 saturated carbocycles. The molecule has 0 radical (unpaired) electrons. The number of anilines is 2. The largest absolute Gasteiger partial charge is 0.388 e. The van der Waals surface area contributed by atoms with E-state index in [1.807, 2.05) is 68.6 Å². The summed E-state index contributed by atoms with van der Waals surface area (Å²) in [5.74, 6) is 1.25. The van der Waals surface area contributed by atoms with Crippen LogP contribution in [0.25, 0.3) is 16.8 Å². The van der Waals surface area contributed by atoms with Crippen LogP contribution >= 0.6 is 11.6 Å². The molecule has 4 aromatic rings. The van der Waals surface area contributed by atoms with Crippen LogP contribution < -0.4 is 10.2 Å². The molecule has 0 spiro atoms. The molecule has 1 N–H and O–H groups in total. The Balaban J connectivity index is 0.000000221. The molecular weight excluding hydrogens is 458 g/mol. The number of imidazole rings is 1. The van der Waals surface area contributed by atoms with Crippen LogP contribution in [0.4, 0.5) is 11.4 Å². The van der Waals surface area contributed by atoms with Gasteiger partial charge in [0.1, 0.15) is 5.82 Å². The normalized spacial score (nSPS) is 15.3. The van der Waals surface area contributed by atoms with Gasteiger partial charge in [0, 0.05) is 63.3 Å². The number of fused-ring (bicyclic) bond motifs is 1. The predicted octanol–water partition coefficient (Wildman–Crippen LogP) is 5.78. The average molecular weight is 490 g/mol. The smallest absolute Gasteiger partial charge is 0.209 e. The molecule has 1 amide bonds. The van der Waals surface area contributed by atoms with Crippen molar-refractivity contribution in [3.63, 3.8) is 0 Å². The Morgan fingerprint density at radius 2 is 1.80 bits per heavy atom. The zero-order valence-corrected chi connectivity index (χ0v) is 21.2. The molecule has 1 aliphatic heterocycles. The molecule has 2 aromatic carbocycles. The lowest BCUT2D eigenvalue weighted by Gasteiger charge is -2.29. The Bertz CT molecular complexity index is 1270. The highest BCUT2D eigenvalue weighted by Crippen LogP contribution is 2.34. The number of rotatable bonds is 5. The van der Waals surface area contributed by atoms with Crippen LogP contribution in [0.15, 0.2) is 72.9 Å². The molecule has 1 saturated heterocycles. The average Bonchev–Trinajstić information content (AvgIpc) is 3.29. The first-order valence-electron chi connectivity index (χ1n) is 11.9. The van der Waals surface area contributed by atoms with Crippen LogP contribution in [0.3, 0.4) is 0 Å². The molecule has 35 heavy (non-hydrogen) atoms. The maximum absolute atomic E-state index is 11.2. The van der Waals surface area contributed by atoms with E-state index in [0.29, 0.717) is 5.02 Å². The number of pyridine rings is 1. The maximum Gasteiger partial charge on any atom is 0.209 e. The van der Waals surface area contributed by atoms with Crippen LogP contribution in [0.5, 0.6) is 0 Å². The number of amides is 1. The number of likely N-dealkylation sites (tertiary alicyclic amines) is 1. The zero-order valence-electron chi connectivity index (χ0n) is 20.5. The van der Waals surface area contributed by atoms with Crippen molar-refractivity contribution in [1.82, 2.24) is 14.3 Å². The van der Waals surface area contributed by atoms with E-state index in [-0.39, 0.29) is 5.92 Å². The lowest BCUT2D eigenvalue weighted by atomic mass is 9.97. The fourth-order valence-electron chi connectivity index (χ4n) is 4.44. The first-order chi connectivity index (χ1) is 17.0. The number of nitrogens with one attached hydrogen (secondary N) is 1. The molecule has 182 valence electrons. The molecule has 7 heteroatoms. The number of hydrogen-bond donors (Lipinski definition) is 1. The molecule has 2 aromatic heterocycles. The predicted molar refractivity (Wildman–Crippen MR) is 146 cm³/mol. The second-order valence-electron chi connectivity index (χ2n) is 8.89. The van der Waals surface area contributed by atoms with E-state index in [1.54, 1.807) is 0 Å². The molecule has 1 atom stereocenters. The van der Waals surface area contributed by atoms with Crippen molar-refractivity contribution in [1.29, 1.82) is 0 Å². The number of benzene rings is 2. The summed E-state index contributed by atoms with van der Waals surface area (Å²) < 4.78 is 2.14. The van der Waals surface area contributed by atoms with Gasteiger partial charge in [0.2, 0.25) is 6.41 Å². The second-order valence-corrected chi connectivity index (χ2v) is 9.29. The number of carbonyl (C=O) groups is 1. The van der Waals surface area contributed by atoms with Gasteiger partial charge in [-0.05, 0) is 55.3 Å². The summed E-state index contributed by atoms with van der Waals surface area (Å²) in [5.41, 5.74) is 5.26. The number of hydrogen-bond acceptors (Lipinski definition) is 4. The van der Waals surface area contributed by atoms with Crippen LogP contribution in [-0.2, 0) is 4.79 Å². The Morgan fingerprint density at radius 1 is 1.06 bits per heavy atom. The summed E-state index contributed by atoms with van der Waals surface area (Å²) in [6, 6.07) is 22.2. The van der Waals surface area contributed by atoms with Gasteiger partial charge in [0.25, 0.3) is 0 Å². The van der Waals surface area contributed by atoms with Crippen LogP contribution in [0, 0.1) is 0 Å². The van der Waals surface area contributed by atoms with Crippen molar-refractivity contribution in [2.75, 3.05) is 44.4 Å². The van der Waals surface area contributed by atoms with E-state index in [0.717, 1.165) is 60.6 Å². The SMILES string of the molecule is CNc1ccc(N(C)C)cc1.O=CN1CCCC(c2nc(-c3ccccc3Cl)c3ccccn23)C1. The molecule has 0 aliphatic carbocycles. The van der Waals surface area contributed by atoms with Gasteiger partial charge >= 0.3 is 0 Å². The van der Waals surface area contributed by atoms with Crippen molar-refractivity contribution < 1.29 is 4.79 Å². The lowest BCUT2D eigenvalue weighted by Crippen LogP contribution is -2.33. The topological polar surface area (TPSA) is 52.9 Å². The molecule has 0 bridgehead atoms. The number of aromatic nitrogens is 2. The van der Waals surface area contributed by atoms with Crippen LogP contribution in [-0.4, -0.2) is 54.9 Å². The third kappa shape index (κ3) is 5.60. The van der Waals surface area contributed by atoms with Gasteiger partial charge in [-0.2, -0.15) is 0 Å². The number of carbonyl (C=O) groups excluding carboxylic acids is 1. The highest BCUT2D eigenvalue weighted by Gasteiger charge is 2.26. The minimum Gasteiger partial charge on any atom is -0.388 e. The highest BCUT2D eigenvalue weighted by atomic mass is 35.5. The fourth-order valence-corrected chi connectivity index (χ4v) is 4.67. The second kappa shape index (κ2) is 11.3. The van der Waals surface area contributed by atoms with Gasteiger partial charge in [-0.3, -0.25) is 4.79 Å². The molecule has 1 fully saturated rings. The highest BCUT2D eigenvalue weighted by molar-refractivity contribution is 6.33. The van der Waals surface area contributed by atoms with Crippen molar-refractivity contribution >= 4 is 34.9 Å². The van der Waals surface area contributed by atoms with Gasteiger partial charge in [0.05, 0.1) is 16.2 Å². The third-order valence-corrected chi connectivity index (χ3v) is 6.67. The van der Waals surface area contributed by atoms with E-state index in [9.17, 15) is 4.79 Å². The Labute approximate surface area is 212 Å². The molecule has 5 rings (SSSR count). The molecule has 1 unspecified atom stereocenters. The summed E-state index contributed by atoms with van der Waals surface area (Å²) in [4.78, 5) is 20.0. The number of piperidine rings is 1. The third-order valence-electron chi connectivity index (χ3n) is 6.34. The first-order valence-corrected chi connectivity index (χ1v) is 12.3. The minimum absolute atomic E-state index is 0.245. The van der Waals surface area contributed by atoms with Gasteiger partial charge in [0.15, 0.2) is 0 Å². The van der Waals surface area contributed by atoms with Crippen LogP contribution in [0.1, 0.15) is 24.6 Å². The minimum atomic E-state index is 0.245. The standard InChI is InChI=1S/C19H18ClN3O.C9H14N2/c20-16-8-2-1-7-15(16)18-17-9-3-4-11-23(17)19(21-18)14-6-5-10-22(12-14)13-24;1-10-8-4-6-9(7-5-8)11(2)3/h1-4,7-9,11,13-14H,5-6,10,12H2;4-7,10H,1-3H3. The molecule has 6 nitrogen and oxygen atoms in total. The van der Waals surface area contributed by atoms with E-state index >= 15 is 0 Å². The van der Waals surface area contributed by atoms with Crippen LogP contribution in [0.2, 0.25) is 5.02 Å². The van der Waals surface area contributed by atoms with Crippen molar-refractivity contribution in [2.45, 2.75) is 18.8 Å². The molecule has 1 aliphatic rings. The molecule has 3 heterocycles. The van der Waals surface area contributed by atoms with Gasteiger partial charge in [-0.25, -0.2) is 4.98 Å². The summed E-state index contributed by atoms with van der Waals surface area (Å²) >= 11 is 6.40. The van der Waals surface area contributed by atoms with E-state index in [1.165, 1.54) is 5.69 Å². The van der Waals surface area contributed by atoms with Gasteiger partial charge in [-0.15, -0.1) is 0 Å². The fraction of sp³-hybridized carbons (Fsp3) is 0.286. The Hall–Kier alpha value is -3.51. The zero-order chi connectivity index (χ0) is 24.8. The number of nitrogens with zero attached hydrogens (tertiary/aromatic N) is 4. The summed E-state index contributed by atoms with van der Waals surface area (Å²) in [6.07, 6.45) is 5.03. The summed E-state index contributed by atoms with van der Waals surface area (Å²) in [7, 11) is 5.99. The first kappa shape index (κ1) is 24.6. The molecular formula is C28H32ClN5O. The Morgan fingerprint density at radius 3 is 2.49 bits per heavy atom. The van der Waals surface area contributed by atoms with E-state index < -0.39 is 0 Å².